The molecule has 1 unspecified atom stereocenters. The highest BCUT2D eigenvalue weighted by Gasteiger charge is 2.42. The molecule has 12 heteroatoms. The molecular weight excluding hydrogens is 538 g/mol. The average molecular weight is 578 g/mol. The standard InChI is InChI=1S/C28H39N3O8S/c1-18(2)15-31(40(34,35)21-9-10-22(29)25(14-21)36-3)16-24(32)23(11-19-7-5-4-6-8-19)30-28(33)39-20-12-26-27(13-20)38-17-37-26/h4-10,14,18,20,23-24,26-27,32H,11-13,15-17,29H2,1-3H3,(H,30,33)/t20?,23-,24+,26-,27+/m0/s1. The molecule has 2 aliphatic rings. The van der Waals surface area contributed by atoms with Gasteiger partial charge in [-0.1, -0.05) is 44.2 Å². The highest BCUT2D eigenvalue weighted by atomic mass is 32.2. The van der Waals surface area contributed by atoms with E-state index in [0.717, 1.165) is 5.56 Å². The van der Waals surface area contributed by atoms with Gasteiger partial charge in [0.2, 0.25) is 10.0 Å². The fourth-order valence-electron chi connectivity index (χ4n) is 5.08. The van der Waals surface area contributed by atoms with Crippen LogP contribution in [0.2, 0.25) is 0 Å². The summed E-state index contributed by atoms with van der Waals surface area (Å²) in [7, 11) is -2.63. The number of aliphatic hydroxyl groups is 1. The fourth-order valence-corrected chi connectivity index (χ4v) is 6.72. The van der Waals surface area contributed by atoms with Crippen molar-refractivity contribution in [1.29, 1.82) is 0 Å². The van der Waals surface area contributed by atoms with Crippen LogP contribution in [0.3, 0.4) is 0 Å². The van der Waals surface area contributed by atoms with Crippen LogP contribution in [0.25, 0.3) is 0 Å². The molecule has 1 heterocycles. The number of fused-ring (bicyclic) bond motifs is 1. The van der Waals surface area contributed by atoms with Gasteiger partial charge in [-0.15, -0.1) is 0 Å². The number of rotatable bonds is 12. The molecule has 2 fully saturated rings. The van der Waals surface area contributed by atoms with E-state index in [4.69, 9.17) is 24.7 Å². The van der Waals surface area contributed by atoms with Crippen LogP contribution in [-0.4, -0.2) is 81.4 Å². The van der Waals surface area contributed by atoms with Gasteiger partial charge in [0, 0.05) is 32.0 Å². The second-order valence-corrected chi connectivity index (χ2v) is 12.6. The zero-order valence-corrected chi connectivity index (χ0v) is 23.9. The van der Waals surface area contributed by atoms with Gasteiger partial charge in [-0.25, -0.2) is 13.2 Å². The van der Waals surface area contributed by atoms with Gasteiger partial charge in [-0.3, -0.25) is 0 Å². The summed E-state index contributed by atoms with van der Waals surface area (Å²) in [5.41, 5.74) is 7.06. The van der Waals surface area contributed by atoms with Gasteiger partial charge in [-0.2, -0.15) is 4.31 Å². The summed E-state index contributed by atoms with van der Waals surface area (Å²) in [5.74, 6) is 0.207. The molecule has 0 spiro atoms. The number of ether oxygens (including phenoxy) is 4. The van der Waals surface area contributed by atoms with Crippen molar-refractivity contribution in [2.24, 2.45) is 5.92 Å². The van der Waals surface area contributed by atoms with Gasteiger partial charge in [0.05, 0.1) is 42.0 Å². The predicted molar refractivity (Wildman–Crippen MR) is 148 cm³/mol. The van der Waals surface area contributed by atoms with Crippen molar-refractivity contribution in [2.45, 2.75) is 68.5 Å². The minimum atomic E-state index is -4.04. The van der Waals surface area contributed by atoms with Crippen LogP contribution in [0, 0.1) is 5.92 Å². The van der Waals surface area contributed by atoms with E-state index in [9.17, 15) is 18.3 Å². The fraction of sp³-hybridized carbons (Fsp3) is 0.536. The number of nitrogens with zero attached hydrogens (tertiary/aromatic N) is 1. The van der Waals surface area contributed by atoms with E-state index >= 15 is 0 Å². The first-order valence-electron chi connectivity index (χ1n) is 13.4. The van der Waals surface area contributed by atoms with E-state index in [0.29, 0.717) is 18.5 Å². The van der Waals surface area contributed by atoms with Crippen molar-refractivity contribution < 1.29 is 37.3 Å². The Balaban J connectivity index is 1.51. The number of methoxy groups -OCH3 is 1. The first kappa shape index (κ1) is 30.1. The van der Waals surface area contributed by atoms with Gasteiger partial charge in [0.15, 0.2) is 0 Å². The average Bonchev–Trinajstić information content (AvgIpc) is 3.50. The lowest BCUT2D eigenvalue weighted by atomic mass is 10.0. The largest absolute Gasteiger partial charge is 0.495 e. The van der Waals surface area contributed by atoms with E-state index in [1.807, 2.05) is 44.2 Å². The minimum absolute atomic E-state index is 0.00500. The number of hydrogen-bond donors (Lipinski definition) is 3. The second-order valence-electron chi connectivity index (χ2n) is 10.7. The van der Waals surface area contributed by atoms with E-state index in [1.54, 1.807) is 0 Å². The Morgan fingerprint density at radius 1 is 1.12 bits per heavy atom. The van der Waals surface area contributed by atoms with Crippen LogP contribution >= 0.6 is 0 Å². The third-order valence-electron chi connectivity index (χ3n) is 7.11. The minimum Gasteiger partial charge on any atom is -0.495 e. The molecule has 1 aliphatic heterocycles. The molecule has 5 atom stereocenters. The van der Waals surface area contributed by atoms with E-state index in [2.05, 4.69) is 5.32 Å². The number of nitrogens with two attached hydrogens (primary N) is 1. The molecule has 0 radical (unpaired) electrons. The summed E-state index contributed by atoms with van der Waals surface area (Å²) in [5, 5.41) is 14.2. The Bertz CT molecular complexity index is 1230. The van der Waals surface area contributed by atoms with Gasteiger partial charge >= 0.3 is 6.09 Å². The van der Waals surface area contributed by atoms with Crippen molar-refractivity contribution in [3.8, 4) is 5.75 Å². The summed E-state index contributed by atoms with van der Waals surface area (Å²) < 4.78 is 50.5. The number of alkyl carbamates (subject to hydrolysis) is 1. The molecular formula is C28H39N3O8S. The summed E-state index contributed by atoms with van der Waals surface area (Å²) in [6.07, 6.45) is -1.15. The van der Waals surface area contributed by atoms with Crippen LogP contribution in [0.15, 0.2) is 53.4 Å². The summed E-state index contributed by atoms with van der Waals surface area (Å²) in [6.45, 7) is 3.93. The summed E-state index contributed by atoms with van der Waals surface area (Å²) >= 11 is 0. The normalized spacial score (nSPS) is 22.2. The molecule has 4 N–H and O–H groups in total. The molecule has 1 saturated carbocycles. The molecule has 0 bridgehead atoms. The number of carbonyl (C=O) groups excluding carboxylic acids is 1. The Morgan fingerprint density at radius 2 is 1.80 bits per heavy atom. The molecule has 220 valence electrons. The number of amides is 1. The van der Waals surface area contributed by atoms with Gasteiger partial charge in [0.1, 0.15) is 18.6 Å². The maximum Gasteiger partial charge on any atom is 0.407 e. The van der Waals surface area contributed by atoms with Crippen LogP contribution in [0.1, 0.15) is 32.3 Å². The quantitative estimate of drug-likeness (QED) is 0.324. The van der Waals surface area contributed by atoms with E-state index < -0.39 is 28.3 Å². The summed E-state index contributed by atoms with van der Waals surface area (Å²) in [4.78, 5) is 12.9. The lowest BCUT2D eigenvalue weighted by Crippen LogP contribution is -2.51. The lowest BCUT2D eigenvalue weighted by Gasteiger charge is -2.31. The van der Waals surface area contributed by atoms with Crippen LogP contribution in [0.4, 0.5) is 10.5 Å². The van der Waals surface area contributed by atoms with Crippen LogP contribution in [-0.2, 0) is 30.7 Å². The Morgan fingerprint density at radius 3 is 2.42 bits per heavy atom. The maximum atomic E-state index is 13.7. The third-order valence-corrected chi connectivity index (χ3v) is 8.94. The number of hydrogen-bond acceptors (Lipinski definition) is 9. The van der Waals surface area contributed by atoms with Crippen molar-refractivity contribution in [1.82, 2.24) is 9.62 Å². The van der Waals surface area contributed by atoms with Gasteiger partial charge in [-0.05, 0) is 30.0 Å². The molecule has 40 heavy (non-hydrogen) atoms. The maximum absolute atomic E-state index is 13.7. The van der Waals surface area contributed by atoms with Crippen LogP contribution < -0.4 is 15.8 Å². The predicted octanol–water partition coefficient (Wildman–Crippen LogP) is 2.53. The SMILES string of the molecule is COc1cc(S(=O)(=O)N(CC(C)C)C[C@@H](O)[C@H](Cc2ccccc2)NC(=O)OC2C[C@@H]3OCO[C@@H]3C2)ccc1N. The Labute approximate surface area is 235 Å². The molecule has 2 aromatic rings. The molecule has 11 nitrogen and oxygen atoms in total. The highest BCUT2D eigenvalue weighted by Crippen LogP contribution is 2.32. The zero-order valence-electron chi connectivity index (χ0n) is 23.1. The van der Waals surface area contributed by atoms with Crippen LogP contribution in [0.5, 0.6) is 5.75 Å². The molecule has 1 amide bonds. The number of anilines is 1. The topological polar surface area (TPSA) is 150 Å². The molecule has 1 saturated heterocycles. The van der Waals surface area contributed by atoms with Crippen molar-refractivity contribution in [2.75, 3.05) is 32.7 Å². The Hall–Kier alpha value is -2.90. The van der Waals surface area contributed by atoms with E-state index in [-0.39, 0.29) is 61.2 Å². The smallest absolute Gasteiger partial charge is 0.407 e. The van der Waals surface area contributed by atoms with Gasteiger partial charge in [0.25, 0.3) is 0 Å². The Kier molecular flexibility index (Phi) is 9.90. The number of aliphatic hydroxyl groups excluding tert-OH is 1. The number of carbonyl (C=O) groups is 1. The number of nitrogens with one attached hydrogen (secondary N) is 1. The molecule has 2 aromatic carbocycles. The molecule has 1 aliphatic carbocycles. The van der Waals surface area contributed by atoms with Crippen molar-refractivity contribution in [3.05, 3.63) is 54.1 Å². The highest BCUT2D eigenvalue weighted by molar-refractivity contribution is 7.89. The lowest BCUT2D eigenvalue weighted by molar-refractivity contribution is 0.00201. The summed E-state index contributed by atoms with van der Waals surface area (Å²) in [6, 6.07) is 12.8. The number of sulfonamides is 1. The second kappa shape index (κ2) is 13.2. The van der Waals surface area contributed by atoms with Crippen molar-refractivity contribution >= 4 is 21.8 Å². The number of nitrogen functional groups attached to an aromatic ring is 1. The molecule has 0 aromatic heterocycles. The van der Waals surface area contributed by atoms with Crippen molar-refractivity contribution in [3.63, 3.8) is 0 Å². The molecule has 4 rings (SSSR count). The monoisotopic (exact) mass is 577 g/mol. The zero-order chi connectivity index (χ0) is 28.9. The number of benzene rings is 2. The van der Waals surface area contributed by atoms with Gasteiger partial charge < -0.3 is 35.1 Å². The third kappa shape index (κ3) is 7.43. The first-order chi connectivity index (χ1) is 19.1. The van der Waals surface area contributed by atoms with E-state index in [1.165, 1.54) is 29.6 Å². The first-order valence-corrected chi connectivity index (χ1v) is 14.9.